The topological polar surface area (TPSA) is 110 Å². The standard InChI is InChI=1S/C22H20Cl2N4O4S2/c23-15-3-6-19(17(24)11-15)32-8-7-13-9-14-10-16(4-5-18(14)25-20(13)29)34(30,31)28-22-27-26-21(33-22)12-1-2-12/h3-6,10-13H,1-2,7-9H2,(H,25,29)(H,27,28). The molecule has 2 aromatic carbocycles. The van der Waals surface area contributed by atoms with Gasteiger partial charge in [-0.05, 0) is 67.6 Å². The summed E-state index contributed by atoms with van der Waals surface area (Å²) in [6, 6.07) is 9.61. The molecule has 2 heterocycles. The van der Waals surface area contributed by atoms with E-state index in [-0.39, 0.29) is 28.5 Å². The molecule has 0 bridgehead atoms. The first-order valence-electron chi connectivity index (χ1n) is 10.7. The number of fused-ring (bicyclic) bond motifs is 1. The number of aromatic nitrogens is 2. The predicted octanol–water partition coefficient (Wildman–Crippen LogP) is 5.10. The number of amides is 1. The summed E-state index contributed by atoms with van der Waals surface area (Å²) in [5, 5.41) is 12.9. The van der Waals surface area contributed by atoms with E-state index in [0.29, 0.717) is 40.2 Å². The van der Waals surface area contributed by atoms with Crippen LogP contribution in [-0.4, -0.2) is 31.1 Å². The number of carbonyl (C=O) groups excluding carboxylic acids is 1. The molecule has 1 aliphatic heterocycles. The van der Waals surface area contributed by atoms with Crippen LogP contribution in [0.25, 0.3) is 0 Å². The van der Waals surface area contributed by atoms with Crippen molar-refractivity contribution in [2.24, 2.45) is 5.92 Å². The number of halogens is 2. The third kappa shape index (κ3) is 5.14. The highest BCUT2D eigenvalue weighted by atomic mass is 35.5. The van der Waals surface area contributed by atoms with Crippen LogP contribution in [-0.2, 0) is 21.2 Å². The van der Waals surface area contributed by atoms with Crippen LogP contribution in [0.5, 0.6) is 5.75 Å². The summed E-state index contributed by atoms with van der Waals surface area (Å²) in [5.41, 5.74) is 1.35. The van der Waals surface area contributed by atoms with E-state index < -0.39 is 10.0 Å². The van der Waals surface area contributed by atoms with Crippen molar-refractivity contribution in [2.45, 2.75) is 36.5 Å². The number of benzene rings is 2. The zero-order valence-electron chi connectivity index (χ0n) is 17.8. The van der Waals surface area contributed by atoms with Crippen molar-refractivity contribution in [1.82, 2.24) is 10.2 Å². The van der Waals surface area contributed by atoms with Gasteiger partial charge in [0.2, 0.25) is 11.0 Å². The van der Waals surface area contributed by atoms with Gasteiger partial charge in [-0.3, -0.25) is 9.52 Å². The highest BCUT2D eigenvalue weighted by molar-refractivity contribution is 7.93. The lowest BCUT2D eigenvalue weighted by molar-refractivity contribution is -0.120. The van der Waals surface area contributed by atoms with E-state index in [2.05, 4.69) is 20.2 Å². The van der Waals surface area contributed by atoms with Gasteiger partial charge in [-0.2, -0.15) is 0 Å². The number of hydrogen-bond donors (Lipinski definition) is 2. The zero-order valence-corrected chi connectivity index (χ0v) is 20.9. The number of rotatable bonds is 8. The lowest BCUT2D eigenvalue weighted by Gasteiger charge is -2.25. The fourth-order valence-corrected chi connectivity index (χ4v) is 6.36. The summed E-state index contributed by atoms with van der Waals surface area (Å²) in [7, 11) is -3.84. The predicted molar refractivity (Wildman–Crippen MR) is 132 cm³/mol. The third-order valence-corrected chi connectivity index (χ3v) is 8.69. The molecule has 0 saturated heterocycles. The average Bonchev–Trinajstić information content (AvgIpc) is 3.54. The maximum absolute atomic E-state index is 12.9. The zero-order chi connectivity index (χ0) is 23.9. The molecule has 3 aromatic rings. The molecule has 0 spiro atoms. The molecular weight excluding hydrogens is 519 g/mol. The van der Waals surface area contributed by atoms with Gasteiger partial charge >= 0.3 is 0 Å². The minimum Gasteiger partial charge on any atom is -0.492 e. The average molecular weight is 539 g/mol. The normalized spacial score (nSPS) is 17.7. The number of nitrogens with zero attached hydrogens (tertiary/aromatic N) is 2. The fourth-order valence-electron chi connectivity index (χ4n) is 3.70. The molecule has 2 N–H and O–H groups in total. The summed E-state index contributed by atoms with van der Waals surface area (Å²) in [6.07, 6.45) is 2.97. The number of sulfonamides is 1. The van der Waals surface area contributed by atoms with Crippen LogP contribution in [0.3, 0.4) is 0 Å². The first-order valence-corrected chi connectivity index (χ1v) is 13.7. The molecule has 1 amide bonds. The maximum Gasteiger partial charge on any atom is 0.263 e. The number of nitrogens with one attached hydrogen (secondary N) is 2. The Bertz CT molecular complexity index is 1360. The first-order chi connectivity index (χ1) is 16.3. The summed E-state index contributed by atoms with van der Waals surface area (Å²) in [4.78, 5) is 12.6. The van der Waals surface area contributed by atoms with Gasteiger partial charge in [0.25, 0.3) is 10.0 Å². The SMILES string of the molecule is O=C1Nc2ccc(S(=O)(=O)Nc3nnc(C4CC4)s3)cc2CC1CCOc1ccc(Cl)cc1Cl. The van der Waals surface area contributed by atoms with Crippen molar-refractivity contribution in [3.8, 4) is 5.75 Å². The molecule has 1 saturated carbocycles. The minimum atomic E-state index is -3.84. The Morgan fingerprint density at radius 1 is 1.15 bits per heavy atom. The van der Waals surface area contributed by atoms with Crippen molar-refractivity contribution < 1.29 is 17.9 Å². The Labute approximate surface area is 210 Å². The molecule has 178 valence electrons. The minimum absolute atomic E-state index is 0.105. The molecule has 34 heavy (non-hydrogen) atoms. The number of ether oxygens (including phenoxy) is 1. The summed E-state index contributed by atoms with van der Waals surface area (Å²) in [5.74, 6) is 0.394. The molecule has 1 aliphatic carbocycles. The largest absolute Gasteiger partial charge is 0.492 e. The van der Waals surface area contributed by atoms with Crippen molar-refractivity contribution >= 4 is 61.3 Å². The van der Waals surface area contributed by atoms with Crippen LogP contribution in [0.2, 0.25) is 10.0 Å². The van der Waals surface area contributed by atoms with E-state index in [0.717, 1.165) is 23.4 Å². The molecule has 5 rings (SSSR count). The lowest BCUT2D eigenvalue weighted by atomic mass is 9.91. The Hall–Kier alpha value is -2.40. The van der Waals surface area contributed by atoms with Crippen LogP contribution >= 0.6 is 34.5 Å². The van der Waals surface area contributed by atoms with Crippen molar-refractivity contribution in [3.63, 3.8) is 0 Å². The Morgan fingerprint density at radius 3 is 2.74 bits per heavy atom. The van der Waals surface area contributed by atoms with E-state index in [9.17, 15) is 13.2 Å². The quantitative estimate of drug-likeness (QED) is 0.412. The number of carbonyl (C=O) groups is 1. The second-order valence-electron chi connectivity index (χ2n) is 8.25. The fraction of sp³-hybridized carbons (Fsp3) is 0.318. The molecule has 0 radical (unpaired) electrons. The number of hydrogen-bond acceptors (Lipinski definition) is 7. The highest BCUT2D eigenvalue weighted by Gasteiger charge is 2.30. The summed E-state index contributed by atoms with van der Waals surface area (Å²) >= 11 is 13.3. The van der Waals surface area contributed by atoms with Gasteiger partial charge in [0.1, 0.15) is 10.8 Å². The Morgan fingerprint density at radius 2 is 1.97 bits per heavy atom. The van der Waals surface area contributed by atoms with Gasteiger partial charge in [-0.25, -0.2) is 8.42 Å². The molecule has 1 fully saturated rings. The van der Waals surface area contributed by atoms with Crippen molar-refractivity contribution in [1.29, 1.82) is 0 Å². The van der Waals surface area contributed by atoms with Gasteiger partial charge in [-0.15, -0.1) is 10.2 Å². The van der Waals surface area contributed by atoms with Gasteiger partial charge in [0.15, 0.2) is 0 Å². The summed E-state index contributed by atoms with van der Waals surface area (Å²) in [6.45, 7) is 0.273. The highest BCUT2D eigenvalue weighted by Crippen LogP contribution is 2.42. The van der Waals surface area contributed by atoms with Gasteiger partial charge in [0.05, 0.1) is 16.5 Å². The van der Waals surface area contributed by atoms with E-state index >= 15 is 0 Å². The second kappa shape index (κ2) is 9.33. The molecule has 8 nitrogen and oxygen atoms in total. The van der Waals surface area contributed by atoms with Crippen LogP contribution in [0, 0.1) is 5.92 Å². The van der Waals surface area contributed by atoms with Gasteiger partial charge < -0.3 is 10.1 Å². The first kappa shape index (κ1) is 23.3. The number of anilines is 2. The van der Waals surface area contributed by atoms with E-state index in [1.165, 1.54) is 17.4 Å². The molecule has 1 atom stereocenters. The molecular formula is C22H20Cl2N4O4S2. The Kier molecular flexibility index (Phi) is 6.41. The lowest BCUT2D eigenvalue weighted by Crippen LogP contribution is -2.31. The third-order valence-electron chi connectivity index (χ3n) is 5.69. The van der Waals surface area contributed by atoms with Crippen LogP contribution in [0.15, 0.2) is 41.3 Å². The van der Waals surface area contributed by atoms with Crippen LogP contribution in [0.1, 0.15) is 35.8 Å². The van der Waals surface area contributed by atoms with Crippen LogP contribution < -0.4 is 14.8 Å². The van der Waals surface area contributed by atoms with E-state index in [4.69, 9.17) is 27.9 Å². The Balaban J connectivity index is 1.25. The summed E-state index contributed by atoms with van der Waals surface area (Å²) < 4.78 is 34.0. The molecule has 2 aliphatic rings. The van der Waals surface area contributed by atoms with E-state index in [1.54, 1.807) is 30.3 Å². The molecule has 1 aromatic heterocycles. The van der Waals surface area contributed by atoms with Crippen LogP contribution in [0.4, 0.5) is 10.8 Å². The monoisotopic (exact) mass is 538 g/mol. The van der Waals surface area contributed by atoms with Crippen molar-refractivity contribution in [3.05, 3.63) is 57.0 Å². The van der Waals surface area contributed by atoms with Gasteiger partial charge in [-0.1, -0.05) is 34.5 Å². The van der Waals surface area contributed by atoms with E-state index in [1.807, 2.05) is 0 Å². The maximum atomic E-state index is 12.9. The molecule has 1 unspecified atom stereocenters. The van der Waals surface area contributed by atoms with Crippen molar-refractivity contribution in [2.75, 3.05) is 16.6 Å². The molecule has 12 heteroatoms. The van der Waals surface area contributed by atoms with Gasteiger partial charge in [0, 0.05) is 22.5 Å². The smallest absolute Gasteiger partial charge is 0.263 e. The second-order valence-corrected chi connectivity index (χ2v) is 11.8.